The molecule has 5 heteroatoms. The molecule has 0 radical (unpaired) electrons. The third-order valence-electron chi connectivity index (χ3n) is 2.67. The zero-order valence-corrected chi connectivity index (χ0v) is 8.19. The first-order chi connectivity index (χ1) is 6.45. The second-order valence-electron chi connectivity index (χ2n) is 3.60. The maximum atomic E-state index is 12.3. The highest BCUT2D eigenvalue weighted by Crippen LogP contribution is 2.34. The number of likely N-dealkylation sites (tertiary alicyclic amines) is 1. The molecular weight excluding hydrogens is 193 g/mol. The SMILES string of the molecule is CCC(=N)N1CCC(C(F)(F)F)CC1. The molecule has 1 heterocycles. The van der Waals surface area contributed by atoms with E-state index >= 15 is 0 Å². The van der Waals surface area contributed by atoms with E-state index in [0.29, 0.717) is 25.3 Å². The highest BCUT2D eigenvalue weighted by molar-refractivity contribution is 5.78. The van der Waals surface area contributed by atoms with E-state index in [1.807, 2.05) is 6.92 Å². The van der Waals surface area contributed by atoms with Gasteiger partial charge in [-0.15, -0.1) is 0 Å². The minimum Gasteiger partial charge on any atom is -0.361 e. The normalized spacial score (nSPS) is 19.9. The molecule has 0 saturated carbocycles. The number of alkyl halides is 3. The minimum absolute atomic E-state index is 0.131. The van der Waals surface area contributed by atoms with Crippen molar-refractivity contribution < 1.29 is 13.2 Å². The van der Waals surface area contributed by atoms with Gasteiger partial charge in [-0.2, -0.15) is 13.2 Å². The van der Waals surface area contributed by atoms with Crippen LogP contribution in [0, 0.1) is 11.3 Å². The number of hydrogen-bond donors (Lipinski definition) is 1. The van der Waals surface area contributed by atoms with Gasteiger partial charge in [0, 0.05) is 19.5 Å². The van der Waals surface area contributed by atoms with Gasteiger partial charge in [-0.05, 0) is 12.8 Å². The Hall–Kier alpha value is -0.740. The number of piperidine rings is 1. The lowest BCUT2D eigenvalue weighted by molar-refractivity contribution is -0.183. The molecule has 0 unspecified atom stereocenters. The van der Waals surface area contributed by atoms with Crippen LogP contribution in [-0.4, -0.2) is 30.0 Å². The lowest BCUT2D eigenvalue weighted by atomic mass is 9.96. The van der Waals surface area contributed by atoms with Gasteiger partial charge in [-0.25, -0.2) is 0 Å². The van der Waals surface area contributed by atoms with Crippen LogP contribution in [0.15, 0.2) is 0 Å². The van der Waals surface area contributed by atoms with Gasteiger partial charge in [0.1, 0.15) is 0 Å². The quantitative estimate of drug-likeness (QED) is 0.520. The molecule has 1 aliphatic rings. The highest BCUT2D eigenvalue weighted by Gasteiger charge is 2.41. The maximum Gasteiger partial charge on any atom is 0.391 e. The molecule has 0 bridgehead atoms. The number of hydrogen-bond acceptors (Lipinski definition) is 1. The van der Waals surface area contributed by atoms with Crippen molar-refractivity contribution in [1.29, 1.82) is 5.41 Å². The molecule has 0 aromatic carbocycles. The first-order valence-corrected chi connectivity index (χ1v) is 4.84. The van der Waals surface area contributed by atoms with Crippen molar-refractivity contribution in [2.45, 2.75) is 32.4 Å². The lowest BCUT2D eigenvalue weighted by Gasteiger charge is -2.34. The van der Waals surface area contributed by atoms with Crippen molar-refractivity contribution >= 4 is 5.84 Å². The number of rotatable bonds is 1. The topological polar surface area (TPSA) is 27.1 Å². The summed E-state index contributed by atoms with van der Waals surface area (Å²) in [5, 5.41) is 7.50. The first kappa shape index (κ1) is 11.3. The summed E-state index contributed by atoms with van der Waals surface area (Å²) < 4.78 is 36.8. The van der Waals surface area contributed by atoms with Crippen LogP contribution in [0.5, 0.6) is 0 Å². The van der Waals surface area contributed by atoms with E-state index in [4.69, 9.17) is 5.41 Å². The number of halogens is 3. The Morgan fingerprint density at radius 3 is 2.21 bits per heavy atom. The molecule has 14 heavy (non-hydrogen) atoms. The monoisotopic (exact) mass is 208 g/mol. The number of nitrogens with zero attached hydrogens (tertiary/aromatic N) is 1. The number of amidine groups is 1. The van der Waals surface area contributed by atoms with E-state index in [1.165, 1.54) is 0 Å². The zero-order valence-electron chi connectivity index (χ0n) is 8.19. The predicted octanol–water partition coefficient (Wildman–Crippen LogP) is 2.65. The van der Waals surface area contributed by atoms with Crippen LogP contribution in [0.25, 0.3) is 0 Å². The van der Waals surface area contributed by atoms with Crippen LogP contribution >= 0.6 is 0 Å². The van der Waals surface area contributed by atoms with Crippen molar-refractivity contribution in [3.05, 3.63) is 0 Å². The number of nitrogens with one attached hydrogen (secondary N) is 1. The van der Waals surface area contributed by atoms with E-state index < -0.39 is 12.1 Å². The molecule has 1 fully saturated rings. The fourth-order valence-corrected chi connectivity index (χ4v) is 1.70. The Morgan fingerprint density at radius 2 is 1.86 bits per heavy atom. The third kappa shape index (κ3) is 2.62. The largest absolute Gasteiger partial charge is 0.391 e. The molecule has 1 saturated heterocycles. The van der Waals surface area contributed by atoms with Gasteiger partial charge in [0.2, 0.25) is 0 Å². The summed E-state index contributed by atoms with van der Waals surface area (Å²) in [7, 11) is 0. The molecule has 2 nitrogen and oxygen atoms in total. The van der Waals surface area contributed by atoms with Crippen LogP contribution in [-0.2, 0) is 0 Å². The molecule has 0 aromatic rings. The van der Waals surface area contributed by atoms with Crippen molar-refractivity contribution in [1.82, 2.24) is 4.90 Å². The van der Waals surface area contributed by atoms with Gasteiger partial charge in [-0.3, -0.25) is 5.41 Å². The summed E-state index contributed by atoms with van der Waals surface area (Å²) in [6.45, 7) is 2.59. The molecular formula is C9H15F3N2. The molecule has 1 aliphatic heterocycles. The standard InChI is InChI=1S/C9H15F3N2/c1-2-8(13)14-5-3-7(4-6-14)9(10,11)12/h7,13H,2-6H2,1H3. The minimum atomic E-state index is -4.06. The second-order valence-corrected chi connectivity index (χ2v) is 3.60. The zero-order chi connectivity index (χ0) is 10.8. The molecule has 0 amide bonds. The summed E-state index contributed by atoms with van der Waals surface area (Å²) in [4.78, 5) is 1.74. The van der Waals surface area contributed by atoms with Gasteiger partial charge in [-0.1, -0.05) is 6.92 Å². The van der Waals surface area contributed by atoms with Crippen molar-refractivity contribution in [2.75, 3.05) is 13.1 Å². The van der Waals surface area contributed by atoms with Crippen LogP contribution in [0.2, 0.25) is 0 Å². The summed E-state index contributed by atoms with van der Waals surface area (Å²) in [5.74, 6) is -0.714. The van der Waals surface area contributed by atoms with Gasteiger partial charge >= 0.3 is 6.18 Å². The fourth-order valence-electron chi connectivity index (χ4n) is 1.70. The summed E-state index contributed by atoms with van der Waals surface area (Å²) in [6.07, 6.45) is -3.20. The van der Waals surface area contributed by atoms with E-state index in [0.717, 1.165) is 0 Å². The van der Waals surface area contributed by atoms with Crippen LogP contribution in [0.3, 0.4) is 0 Å². The Morgan fingerprint density at radius 1 is 1.36 bits per heavy atom. The molecule has 0 atom stereocenters. The van der Waals surface area contributed by atoms with Crippen molar-refractivity contribution in [3.63, 3.8) is 0 Å². The predicted molar refractivity (Wildman–Crippen MR) is 48.4 cm³/mol. The molecule has 82 valence electrons. The summed E-state index contributed by atoms with van der Waals surface area (Å²) in [6, 6.07) is 0. The van der Waals surface area contributed by atoms with Crippen molar-refractivity contribution in [2.24, 2.45) is 5.92 Å². The lowest BCUT2D eigenvalue weighted by Crippen LogP contribution is -2.41. The smallest absolute Gasteiger partial charge is 0.361 e. The van der Waals surface area contributed by atoms with Gasteiger partial charge in [0.25, 0.3) is 0 Å². The maximum absolute atomic E-state index is 12.3. The highest BCUT2D eigenvalue weighted by atomic mass is 19.4. The fraction of sp³-hybridized carbons (Fsp3) is 0.889. The van der Waals surface area contributed by atoms with Crippen molar-refractivity contribution in [3.8, 4) is 0 Å². The molecule has 0 spiro atoms. The molecule has 0 aromatic heterocycles. The molecule has 0 aliphatic carbocycles. The Bertz CT molecular complexity index is 205. The Labute approximate surface area is 81.6 Å². The summed E-state index contributed by atoms with van der Waals surface area (Å²) >= 11 is 0. The van der Waals surface area contributed by atoms with Gasteiger partial charge in [0.15, 0.2) is 0 Å². The second kappa shape index (κ2) is 4.19. The van der Waals surface area contributed by atoms with E-state index in [9.17, 15) is 13.2 Å². The van der Waals surface area contributed by atoms with Crippen LogP contribution in [0.4, 0.5) is 13.2 Å². The van der Waals surface area contributed by atoms with Gasteiger partial charge in [0.05, 0.1) is 11.8 Å². The molecule has 1 N–H and O–H groups in total. The average Bonchev–Trinajstić information content (AvgIpc) is 2.15. The molecule has 1 rings (SSSR count). The van der Waals surface area contributed by atoms with E-state index in [-0.39, 0.29) is 12.8 Å². The summed E-state index contributed by atoms with van der Waals surface area (Å²) in [5.41, 5.74) is 0. The third-order valence-corrected chi connectivity index (χ3v) is 2.67. The van der Waals surface area contributed by atoms with E-state index in [1.54, 1.807) is 4.90 Å². The van der Waals surface area contributed by atoms with E-state index in [2.05, 4.69) is 0 Å². The average molecular weight is 208 g/mol. The Balaban J connectivity index is 2.43. The van der Waals surface area contributed by atoms with Gasteiger partial charge < -0.3 is 4.90 Å². The Kier molecular flexibility index (Phi) is 3.39. The van der Waals surface area contributed by atoms with Crippen LogP contribution < -0.4 is 0 Å². The van der Waals surface area contributed by atoms with Crippen LogP contribution in [0.1, 0.15) is 26.2 Å². The first-order valence-electron chi connectivity index (χ1n) is 4.84.